The molecular weight excluding hydrogens is 374 g/mol. The maximum atomic E-state index is 12.8. The number of carbonyl (C=O) groups is 1. The Morgan fingerprint density at radius 3 is 2.91 bits per heavy atom. The van der Waals surface area contributed by atoms with Crippen molar-refractivity contribution < 1.29 is 17.9 Å². The molecule has 0 aromatic heterocycles. The van der Waals surface area contributed by atoms with E-state index < -0.39 is 10.0 Å². The first-order valence-corrected chi connectivity index (χ1v) is 9.11. The van der Waals surface area contributed by atoms with Crippen LogP contribution in [0, 0.1) is 5.92 Å². The van der Waals surface area contributed by atoms with Crippen LogP contribution < -0.4 is 15.8 Å². The number of sulfonamides is 1. The van der Waals surface area contributed by atoms with Crippen LogP contribution in [0.2, 0.25) is 0 Å². The number of fused-ring (bicyclic) bond motifs is 1. The minimum absolute atomic E-state index is 0.118. The highest BCUT2D eigenvalue weighted by molar-refractivity contribution is 9.10. The number of amides is 1. The van der Waals surface area contributed by atoms with Crippen LogP contribution >= 0.6 is 15.9 Å². The van der Waals surface area contributed by atoms with E-state index in [2.05, 4.69) is 21.2 Å². The Balaban J connectivity index is 1.96. The number of halogens is 1. The highest BCUT2D eigenvalue weighted by Crippen LogP contribution is 2.37. The molecule has 2 heterocycles. The molecule has 2 aliphatic heterocycles. The van der Waals surface area contributed by atoms with Crippen molar-refractivity contribution in [3.8, 4) is 5.75 Å². The molecule has 1 aromatic carbocycles. The van der Waals surface area contributed by atoms with Gasteiger partial charge in [0.05, 0.1) is 5.69 Å². The highest BCUT2D eigenvalue weighted by atomic mass is 79.9. The van der Waals surface area contributed by atoms with Gasteiger partial charge in [0.2, 0.25) is 10.0 Å². The third kappa shape index (κ3) is 2.73. The number of nitrogens with zero attached hydrogens (tertiary/aromatic N) is 1. The Hall–Kier alpha value is -1.16. The zero-order valence-corrected chi connectivity index (χ0v) is 14.1. The lowest BCUT2D eigenvalue weighted by molar-refractivity contribution is -0.118. The molecule has 1 fully saturated rings. The summed E-state index contributed by atoms with van der Waals surface area (Å²) in [4.78, 5) is 11.4. The fourth-order valence-corrected chi connectivity index (χ4v) is 5.18. The average Bonchev–Trinajstić information content (AvgIpc) is 2.96. The summed E-state index contributed by atoms with van der Waals surface area (Å²) in [5.74, 6) is 0.290. The van der Waals surface area contributed by atoms with E-state index in [1.165, 1.54) is 10.4 Å². The van der Waals surface area contributed by atoms with Crippen LogP contribution in [0.15, 0.2) is 21.5 Å². The topological polar surface area (TPSA) is 102 Å². The van der Waals surface area contributed by atoms with Gasteiger partial charge >= 0.3 is 0 Å². The molecule has 0 saturated carbocycles. The summed E-state index contributed by atoms with van der Waals surface area (Å²) < 4.78 is 32.7. The molecule has 2 aliphatic rings. The number of nitrogens with one attached hydrogen (secondary N) is 1. The molecule has 1 unspecified atom stereocenters. The number of rotatable bonds is 3. The van der Waals surface area contributed by atoms with Crippen molar-refractivity contribution in [2.75, 3.05) is 31.6 Å². The van der Waals surface area contributed by atoms with Gasteiger partial charge in [-0.2, -0.15) is 4.31 Å². The Bertz CT molecular complexity index is 722. The quantitative estimate of drug-likeness (QED) is 0.793. The number of carbonyl (C=O) groups excluding carboxylic acids is 1. The maximum absolute atomic E-state index is 12.8. The molecule has 1 amide bonds. The Kier molecular flexibility index (Phi) is 4.15. The zero-order chi connectivity index (χ0) is 15.9. The van der Waals surface area contributed by atoms with Crippen molar-refractivity contribution in [1.29, 1.82) is 0 Å². The summed E-state index contributed by atoms with van der Waals surface area (Å²) in [7, 11) is -3.62. The smallest absolute Gasteiger partial charge is 0.262 e. The van der Waals surface area contributed by atoms with Gasteiger partial charge in [0.1, 0.15) is 10.6 Å². The van der Waals surface area contributed by atoms with Crippen molar-refractivity contribution in [2.24, 2.45) is 11.7 Å². The van der Waals surface area contributed by atoms with Crippen LogP contribution in [0.3, 0.4) is 0 Å². The number of hydrogen-bond donors (Lipinski definition) is 2. The normalized spacial score (nSPS) is 22.1. The molecule has 0 radical (unpaired) electrons. The summed E-state index contributed by atoms with van der Waals surface area (Å²) in [6.07, 6.45) is 0.769. The van der Waals surface area contributed by atoms with Crippen molar-refractivity contribution in [2.45, 2.75) is 11.3 Å². The first-order chi connectivity index (χ1) is 10.4. The molecule has 3 rings (SSSR count). The van der Waals surface area contributed by atoms with Crippen molar-refractivity contribution in [3.63, 3.8) is 0 Å². The van der Waals surface area contributed by atoms with Gasteiger partial charge in [0.25, 0.3) is 5.91 Å². The third-order valence-electron chi connectivity index (χ3n) is 3.87. The molecule has 9 heteroatoms. The van der Waals surface area contributed by atoms with E-state index in [9.17, 15) is 13.2 Å². The molecule has 3 N–H and O–H groups in total. The number of hydrogen-bond acceptors (Lipinski definition) is 5. The van der Waals surface area contributed by atoms with Crippen LogP contribution in [-0.2, 0) is 14.8 Å². The number of anilines is 1. The minimum atomic E-state index is -3.62. The summed E-state index contributed by atoms with van der Waals surface area (Å²) >= 11 is 3.27. The van der Waals surface area contributed by atoms with Crippen LogP contribution in [0.1, 0.15) is 6.42 Å². The first kappa shape index (κ1) is 15.7. The van der Waals surface area contributed by atoms with Crippen LogP contribution in [-0.4, -0.2) is 44.9 Å². The van der Waals surface area contributed by atoms with E-state index in [4.69, 9.17) is 10.5 Å². The molecule has 1 aromatic rings. The van der Waals surface area contributed by atoms with E-state index in [0.717, 1.165) is 6.42 Å². The van der Waals surface area contributed by atoms with Crippen molar-refractivity contribution in [3.05, 3.63) is 16.6 Å². The molecule has 1 atom stereocenters. The largest absolute Gasteiger partial charge is 0.482 e. The molecule has 7 nitrogen and oxygen atoms in total. The van der Waals surface area contributed by atoms with Gasteiger partial charge in [-0.25, -0.2) is 8.42 Å². The van der Waals surface area contributed by atoms with Crippen LogP contribution in [0.5, 0.6) is 5.75 Å². The monoisotopic (exact) mass is 389 g/mol. The van der Waals surface area contributed by atoms with Crippen LogP contribution in [0.4, 0.5) is 5.69 Å². The second-order valence-corrected chi connectivity index (χ2v) is 8.13. The zero-order valence-electron chi connectivity index (χ0n) is 11.7. The summed E-state index contributed by atoms with van der Waals surface area (Å²) in [6, 6.07) is 3.00. The molecule has 1 saturated heterocycles. The lowest BCUT2D eigenvalue weighted by Gasteiger charge is -2.22. The van der Waals surface area contributed by atoms with Crippen molar-refractivity contribution in [1.82, 2.24) is 4.31 Å². The Morgan fingerprint density at radius 2 is 2.23 bits per heavy atom. The predicted molar refractivity (Wildman–Crippen MR) is 84.2 cm³/mol. The van der Waals surface area contributed by atoms with E-state index in [0.29, 0.717) is 35.5 Å². The van der Waals surface area contributed by atoms with Gasteiger partial charge in [-0.05, 0) is 40.9 Å². The van der Waals surface area contributed by atoms with E-state index >= 15 is 0 Å². The maximum Gasteiger partial charge on any atom is 0.262 e. The second kappa shape index (κ2) is 5.80. The van der Waals surface area contributed by atoms with Gasteiger partial charge in [-0.15, -0.1) is 0 Å². The predicted octanol–water partition coefficient (Wildman–Crippen LogP) is 0.749. The third-order valence-corrected chi connectivity index (χ3v) is 6.69. The fourth-order valence-electron chi connectivity index (χ4n) is 2.63. The molecule has 0 aliphatic carbocycles. The van der Waals surface area contributed by atoms with Gasteiger partial charge in [0, 0.05) is 23.6 Å². The van der Waals surface area contributed by atoms with E-state index in [1.807, 2.05) is 0 Å². The van der Waals surface area contributed by atoms with Crippen molar-refractivity contribution >= 4 is 37.5 Å². The second-order valence-electron chi connectivity index (χ2n) is 5.37. The van der Waals surface area contributed by atoms with Gasteiger partial charge < -0.3 is 15.8 Å². The van der Waals surface area contributed by atoms with E-state index in [1.54, 1.807) is 6.07 Å². The standard InChI is InChI=1S/C13H16BrN3O4S/c14-9-3-10-11(21-7-13(18)16-10)4-12(9)22(19,20)17-2-1-8(5-15)6-17/h3-4,8H,1-2,5-7,15H2,(H,16,18). The number of ether oxygens (including phenoxy) is 1. The SMILES string of the molecule is NCC1CCN(S(=O)(=O)c2cc3c(cc2Br)NC(=O)CO3)C1. The lowest BCUT2D eigenvalue weighted by Crippen LogP contribution is -2.31. The van der Waals surface area contributed by atoms with Gasteiger partial charge in [-0.1, -0.05) is 0 Å². The highest BCUT2D eigenvalue weighted by Gasteiger charge is 2.34. The number of benzene rings is 1. The molecule has 0 bridgehead atoms. The minimum Gasteiger partial charge on any atom is -0.482 e. The molecule has 120 valence electrons. The Labute approximate surface area is 137 Å². The summed E-state index contributed by atoms with van der Waals surface area (Å²) in [5.41, 5.74) is 6.08. The molecule has 22 heavy (non-hydrogen) atoms. The van der Waals surface area contributed by atoms with Gasteiger partial charge in [0.15, 0.2) is 6.61 Å². The fraction of sp³-hybridized carbons (Fsp3) is 0.462. The first-order valence-electron chi connectivity index (χ1n) is 6.88. The average molecular weight is 390 g/mol. The summed E-state index contributed by atoms with van der Waals surface area (Å²) in [6.45, 7) is 1.25. The lowest BCUT2D eigenvalue weighted by atomic mass is 10.1. The molecular formula is C13H16BrN3O4S. The molecule has 0 spiro atoms. The van der Waals surface area contributed by atoms with E-state index in [-0.39, 0.29) is 23.3 Å². The number of nitrogens with two attached hydrogens (primary N) is 1. The Morgan fingerprint density at radius 1 is 1.45 bits per heavy atom. The van der Waals surface area contributed by atoms with Crippen LogP contribution in [0.25, 0.3) is 0 Å². The van der Waals surface area contributed by atoms with Gasteiger partial charge in [-0.3, -0.25) is 4.79 Å². The summed E-state index contributed by atoms with van der Waals surface area (Å²) in [5, 5.41) is 2.65.